The molecule has 0 aliphatic heterocycles. The van der Waals surface area contributed by atoms with Crippen molar-refractivity contribution in [3.8, 4) is 0 Å². The van der Waals surface area contributed by atoms with Crippen molar-refractivity contribution in [1.29, 1.82) is 0 Å². The molecular weight excluding hydrogens is 364 g/mol. The van der Waals surface area contributed by atoms with Crippen molar-refractivity contribution in [2.75, 3.05) is 6.61 Å². The number of carbonyl (C=O) groups excluding carboxylic acids is 1. The number of aromatic amines is 1. The summed E-state index contributed by atoms with van der Waals surface area (Å²) in [4.78, 5) is 13.1. The Balaban J connectivity index is 1.31. The lowest BCUT2D eigenvalue weighted by Crippen LogP contribution is -2.38. The van der Waals surface area contributed by atoms with Crippen molar-refractivity contribution in [1.82, 2.24) is 20.6 Å². The van der Waals surface area contributed by atoms with E-state index < -0.39 is 5.41 Å². The Hall–Kier alpha value is -1.69. The Kier molecular flexibility index (Phi) is 5.35. The van der Waals surface area contributed by atoms with Crippen LogP contribution in [0.25, 0.3) is 0 Å². The molecule has 0 spiro atoms. The molecule has 3 unspecified atom stereocenters. The third-order valence-corrected chi connectivity index (χ3v) is 7.38. The van der Waals surface area contributed by atoms with Crippen LogP contribution in [0.3, 0.4) is 0 Å². The number of Topliss-reactive ketones (excluding diaryl/α,β-unsaturated/α-hetero) is 1. The summed E-state index contributed by atoms with van der Waals surface area (Å²) in [5.74, 6) is 2.46. The number of fused-ring (bicyclic) bond motifs is 1. The first-order chi connectivity index (χ1) is 13.1. The highest BCUT2D eigenvalue weighted by Crippen LogP contribution is 2.56. The number of H-pyrrole nitrogens is 1. The molecule has 1 aromatic rings. The first-order valence-electron chi connectivity index (χ1n) is 10.1. The number of carbonyl (C=O) groups is 1. The third kappa shape index (κ3) is 3.44. The maximum atomic E-state index is 13.1. The van der Waals surface area contributed by atoms with Crippen molar-refractivity contribution in [2.45, 2.75) is 63.7 Å². The van der Waals surface area contributed by atoms with E-state index in [1.165, 1.54) is 12.8 Å². The molecule has 3 atom stereocenters. The van der Waals surface area contributed by atoms with Gasteiger partial charge in [0.2, 0.25) is 0 Å². The third-order valence-electron chi connectivity index (χ3n) is 6.62. The van der Waals surface area contributed by atoms with Gasteiger partial charge in [0, 0.05) is 24.3 Å². The molecule has 4 rings (SSSR count). The summed E-state index contributed by atoms with van der Waals surface area (Å²) in [5, 5.41) is 13.8. The lowest BCUT2D eigenvalue weighted by atomic mass is 9.73. The normalized spacial score (nSPS) is 31.0. The first kappa shape index (κ1) is 18.7. The van der Waals surface area contributed by atoms with Gasteiger partial charge in [-0.05, 0) is 37.7 Å². The standard InChI is InChI=1S/C20H27ClN4O2/c1-20(13-6-2-3-7-13)18(21)16-12-14(9-10-15(16)19(20)26)27-11-5-4-8-17-22-24-25-23-17/h9-10,13,16,18H,2-8,11-12H2,1H3,(H,22,23,24,25). The van der Waals surface area contributed by atoms with Crippen LogP contribution >= 0.6 is 11.6 Å². The quantitative estimate of drug-likeness (QED) is 0.566. The number of alkyl halides is 1. The number of ketones is 1. The monoisotopic (exact) mass is 390 g/mol. The second-order valence-electron chi connectivity index (χ2n) is 8.19. The topological polar surface area (TPSA) is 80.8 Å². The van der Waals surface area contributed by atoms with Gasteiger partial charge in [0.15, 0.2) is 11.6 Å². The summed E-state index contributed by atoms with van der Waals surface area (Å²) >= 11 is 6.91. The molecule has 1 heterocycles. The van der Waals surface area contributed by atoms with E-state index in [9.17, 15) is 4.79 Å². The number of nitrogens with zero attached hydrogens (tertiary/aromatic N) is 3. The van der Waals surface area contributed by atoms with Gasteiger partial charge in [0.05, 0.1) is 23.2 Å². The Morgan fingerprint density at radius 3 is 2.85 bits per heavy atom. The largest absolute Gasteiger partial charge is 0.498 e. The summed E-state index contributed by atoms with van der Waals surface area (Å²) in [6.45, 7) is 2.75. The molecule has 1 N–H and O–H groups in total. The van der Waals surface area contributed by atoms with Gasteiger partial charge in [-0.2, -0.15) is 5.21 Å². The molecule has 3 aliphatic carbocycles. The number of aryl methyl sites for hydroxylation is 1. The highest BCUT2D eigenvalue weighted by atomic mass is 35.5. The van der Waals surface area contributed by atoms with E-state index in [0.29, 0.717) is 12.5 Å². The van der Waals surface area contributed by atoms with Gasteiger partial charge in [-0.3, -0.25) is 4.79 Å². The summed E-state index contributed by atoms with van der Waals surface area (Å²) in [7, 11) is 0. The molecule has 27 heavy (non-hydrogen) atoms. The number of unbranched alkanes of at least 4 members (excludes halogenated alkanes) is 1. The maximum absolute atomic E-state index is 13.1. The van der Waals surface area contributed by atoms with E-state index >= 15 is 0 Å². The average molecular weight is 391 g/mol. The number of hydrogen-bond acceptors (Lipinski definition) is 5. The van der Waals surface area contributed by atoms with E-state index in [4.69, 9.17) is 16.3 Å². The van der Waals surface area contributed by atoms with Crippen LogP contribution < -0.4 is 0 Å². The van der Waals surface area contributed by atoms with Gasteiger partial charge >= 0.3 is 0 Å². The van der Waals surface area contributed by atoms with Crippen molar-refractivity contribution >= 4 is 17.4 Å². The fourth-order valence-corrected chi connectivity index (χ4v) is 5.48. The lowest BCUT2D eigenvalue weighted by Gasteiger charge is -2.33. The summed E-state index contributed by atoms with van der Waals surface area (Å²) in [6.07, 6.45) is 12.0. The molecule has 3 aliphatic rings. The Labute approximate surface area is 164 Å². The van der Waals surface area contributed by atoms with Gasteiger partial charge in [-0.1, -0.05) is 31.1 Å². The number of allylic oxidation sites excluding steroid dienone is 4. The number of rotatable bonds is 7. The average Bonchev–Trinajstić information content (AvgIpc) is 3.42. The second kappa shape index (κ2) is 7.74. The van der Waals surface area contributed by atoms with Crippen molar-refractivity contribution in [3.63, 3.8) is 0 Å². The molecule has 0 aromatic carbocycles. The van der Waals surface area contributed by atoms with Crippen LogP contribution in [0.5, 0.6) is 0 Å². The number of hydrogen-bond donors (Lipinski definition) is 1. The van der Waals surface area contributed by atoms with Crippen LogP contribution in [0.4, 0.5) is 0 Å². The van der Waals surface area contributed by atoms with Crippen molar-refractivity contribution in [3.05, 3.63) is 29.3 Å². The Morgan fingerprint density at radius 1 is 1.30 bits per heavy atom. The molecule has 0 saturated heterocycles. The number of tetrazole rings is 1. The number of aromatic nitrogens is 4. The lowest BCUT2D eigenvalue weighted by molar-refractivity contribution is -0.124. The van der Waals surface area contributed by atoms with Gasteiger partial charge in [-0.25, -0.2) is 0 Å². The van der Waals surface area contributed by atoms with Crippen molar-refractivity contribution in [2.24, 2.45) is 17.3 Å². The molecule has 7 heteroatoms. The first-order valence-corrected chi connectivity index (χ1v) is 10.5. The fraction of sp³-hybridized carbons (Fsp3) is 0.700. The van der Waals surface area contributed by atoms with Gasteiger partial charge in [0.1, 0.15) is 0 Å². The van der Waals surface area contributed by atoms with Crippen LogP contribution in [0.2, 0.25) is 0 Å². The SMILES string of the molecule is CC1(C2CCCC2)C(=O)C2=CC=C(OCCCCc3nn[nH]n3)CC2C1Cl. The minimum atomic E-state index is -0.414. The molecule has 0 bridgehead atoms. The van der Waals surface area contributed by atoms with Gasteiger partial charge in [-0.15, -0.1) is 21.8 Å². The van der Waals surface area contributed by atoms with E-state index in [1.807, 2.05) is 12.2 Å². The molecule has 2 fully saturated rings. The fourth-order valence-electron chi connectivity index (χ4n) is 4.98. The Bertz CT molecular complexity index is 739. The Morgan fingerprint density at radius 2 is 2.11 bits per heavy atom. The minimum absolute atomic E-state index is 0.0871. The number of halogens is 1. The van der Waals surface area contributed by atoms with Gasteiger partial charge < -0.3 is 4.74 Å². The maximum Gasteiger partial charge on any atom is 0.174 e. The molecule has 6 nitrogen and oxygen atoms in total. The smallest absolute Gasteiger partial charge is 0.174 e. The minimum Gasteiger partial charge on any atom is -0.498 e. The van der Waals surface area contributed by atoms with E-state index in [0.717, 1.165) is 55.7 Å². The summed E-state index contributed by atoms with van der Waals surface area (Å²) in [5.41, 5.74) is 0.497. The zero-order chi connectivity index (χ0) is 18.9. The van der Waals surface area contributed by atoms with E-state index in [-0.39, 0.29) is 17.1 Å². The van der Waals surface area contributed by atoms with Crippen LogP contribution in [0, 0.1) is 17.3 Å². The number of ether oxygens (including phenoxy) is 1. The molecular formula is C20H27ClN4O2. The predicted octanol–water partition coefficient (Wildman–Crippen LogP) is 3.76. The summed E-state index contributed by atoms with van der Waals surface area (Å²) in [6, 6.07) is 0. The highest BCUT2D eigenvalue weighted by molar-refractivity contribution is 6.26. The molecule has 146 valence electrons. The number of nitrogens with one attached hydrogen (secondary N) is 1. The van der Waals surface area contributed by atoms with Crippen LogP contribution in [0.15, 0.2) is 23.5 Å². The molecule has 0 radical (unpaired) electrons. The van der Waals surface area contributed by atoms with E-state index in [2.05, 4.69) is 27.5 Å². The van der Waals surface area contributed by atoms with Gasteiger partial charge in [0.25, 0.3) is 0 Å². The second-order valence-corrected chi connectivity index (χ2v) is 8.66. The molecule has 2 saturated carbocycles. The molecule has 0 amide bonds. The van der Waals surface area contributed by atoms with Crippen LogP contribution in [-0.4, -0.2) is 38.4 Å². The predicted molar refractivity (Wildman–Crippen MR) is 102 cm³/mol. The molecule has 1 aromatic heterocycles. The zero-order valence-electron chi connectivity index (χ0n) is 15.8. The van der Waals surface area contributed by atoms with Crippen LogP contribution in [0.1, 0.15) is 57.7 Å². The van der Waals surface area contributed by atoms with E-state index in [1.54, 1.807) is 0 Å². The van der Waals surface area contributed by atoms with Crippen molar-refractivity contribution < 1.29 is 9.53 Å². The zero-order valence-corrected chi connectivity index (χ0v) is 16.5. The summed E-state index contributed by atoms with van der Waals surface area (Å²) < 4.78 is 5.97. The highest BCUT2D eigenvalue weighted by Gasteiger charge is 2.58. The van der Waals surface area contributed by atoms with Crippen LogP contribution in [-0.2, 0) is 16.0 Å².